The van der Waals surface area contributed by atoms with Crippen LogP contribution >= 0.6 is 11.6 Å². The Balaban J connectivity index is 1.96. The van der Waals surface area contributed by atoms with Crippen LogP contribution in [-0.4, -0.2) is 24.5 Å². The number of nitrogens with zero attached hydrogens (tertiary/aromatic N) is 1. The maximum atomic E-state index is 13.1. The fourth-order valence-electron chi connectivity index (χ4n) is 1.99. The first kappa shape index (κ1) is 17.2. The van der Waals surface area contributed by atoms with Crippen LogP contribution in [0, 0.1) is 11.6 Å². The summed E-state index contributed by atoms with van der Waals surface area (Å²) >= 11 is 5.65. The molecule has 0 saturated heterocycles. The Kier molecular flexibility index (Phi) is 5.55. The minimum absolute atomic E-state index is 0.0667. The summed E-state index contributed by atoms with van der Waals surface area (Å²) in [6, 6.07) is 9.61. The van der Waals surface area contributed by atoms with Crippen LogP contribution in [0.5, 0.6) is 5.75 Å². The highest BCUT2D eigenvalue weighted by molar-refractivity contribution is 6.30. The van der Waals surface area contributed by atoms with E-state index in [0.29, 0.717) is 5.75 Å². The van der Waals surface area contributed by atoms with Gasteiger partial charge in [-0.05, 0) is 36.8 Å². The number of carbonyl (C=O) groups is 1. The van der Waals surface area contributed by atoms with Gasteiger partial charge in [0.15, 0.2) is 6.61 Å². The van der Waals surface area contributed by atoms with Crippen molar-refractivity contribution in [2.45, 2.75) is 13.0 Å². The Bertz CT molecular complexity index is 691. The van der Waals surface area contributed by atoms with E-state index in [-0.39, 0.29) is 29.4 Å². The second-order valence-electron chi connectivity index (χ2n) is 5.10. The number of rotatable bonds is 5. The molecule has 0 aliphatic rings. The number of hydrogen-bond donors (Lipinski definition) is 0. The molecule has 3 nitrogen and oxygen atoms in total. The molecule has 6 heteroatoms. The summed E-state index contributed by atoms with van der Waals surface area (Å²) in [6.45, 7) is 1.63. The maximum Gasteiger partial charge on any atom is 0.260 e. The van der Waals surface area contributed by atoms with E-state index in [1.807, 2.05) is 6.92 Å². The van der Waals surface area contributed by atoms with Crippen molar-refractivity contribution in [3.05, 3.63) is 64.7 Å². The minimum Gasteiger partial charge on any atom is -0.484 e. The van der Waals surface area contributed by atoms with Gasteiger partial charge in [0.25, 0.3) is 5.91 Å². The Morgan fingerprint density at radius 2 is 1.87 bits per heavy atom. The maximum absolute atomic E-state index is 13.1. The third-order valence-electron chi connectivity index (χ3n) is 3.58. The van der Waals surface area contributed by atoms with E-state index < -0.39 is 5.82 Å². The zero-order valence-corrected chi connectivity index (χ0v) is 13.5. The monoisotopic (exact) mass is 339 g/mol. The average Bonchev–Trinajstić information content (AvgIpc) is 2.55. The van der Waals surface area contributed by atoms with Crippen LogP contribution in [0.2, 0.25) is 5.02 Å². The van der Waals surface area contributed by atoms with Gasteiger partial charge in [-0.15, -0.1) is 0 Å². The zero-order valence-electron chi connectivity index (χ0n) is 12.7. The molecule has 0 saturated carbocycles. The average molecular weight is 340 g/mol. The first-order chi connectivity index (χ1) is 10.9. The molecule has 0 radical (unpaired) electrons. The van der Waals surface area contributed by atoms with E-state index in [9.17, 15) is 13.6 Å². The lowest BCUT2D eigenvalue weighted by molar-refractivity contribution is -0.134. The van der Waals surface area contributed by atoms with Gasteiger partial charge in [0, 0.05) is 13.1 Å². The topological polar surface area (TPSA) is 29.5 Å². The molecule has 1 unspecified atom stereocenters. The van der Waals surface area contributed by atoms with Gasteiger partial charge >= 0.3 is 0 Å². The molecule has 0 heterocycles. The van der Waals surface area contributed by atoms with Crippen LogP contribution in [-0.2, 0) is 4.79 Å². The van der Waals surface area contributed by atoms with Crippen molar-refractivity contribution in [2.75, 3.05) is 13.7 Å². The van der Waals surface area contributed by atoms with Gasteiger partial charge in [0.2, 0.25) is 0 Å². The summed E-state index contributed by atoms with van der Waals surface area (Å²) < 4.78 is 31.3. The summed E-state index contributed by atoms with van der Waals surface area (Å²) in [7, 11) is 1.64. The predicted molar refractivity (Wildman–Crippen MR) is 84.5 cm³/mol. The van der Waals surface area contributed by atoms with Crippen molar-refractivity contribution in [1.29, 1.82) is 0 Å². The lowest BCUT2D eigenvalue weighted by Crippen LogP contribution is -2.33. The highest BCUT2D eigenvalue weighted by atomic mass is 35.5. The molecule has 2 rings (SSSR count). The second-order valence-corrected chi connectivity index (χ2v) is 5.50. The van der Waals surface area contributed by atoms with Crippen LogP contribution in [0.25, 0.3) is 0 Å². The zero-order chi connectivity index (χ0) is 17.0. The Hall–Kier alpha value is -2.14. The molecule has 2 aromatic carbocycles. The van der Waals surface area contributed by atoms with E-state index >= 15 is 0 Å². The Morgan fingerprint density at radius 3 is 2.48 bits per heavy atom. The fourth-order valence-corrected chi connectivity index (χ4v) is 2.16. The summed E-state index contributed by atoms with van der Waals surface area (Å²) in [4.78, 5) is 13.7. The standard InChI is InChI=1S/C17H16ClF2NO2/c1-11(12-3-5-13(19)6-4-12)21(2)17(22)10-23-14-7-8-16(20)15(18)9-14/h3-9,11H,10H2,1-2H3. The Labute approximate surface area is 138 Å². The van der Waals surface area contributed by atoms with Gasteiger partial charge in [0.1, 0.15) is 17.4 Å². The van der Waals surface area contributed by atoms with Gasteiger partial charge < -0.3 is 9.64 Å². The number of amides is 1. The SMILES string of the molecule is CC(c1ccc(F)cc1)N(C)C(=O)COc1ccc(F)c(Cl)c1. The van der Waals surface area contributed by atoms with Crippen molar-refractivity contribution >= 4 is 17.5 Å². The highest BCUT2D eigenvalue weighted by Crippen LogP contribution is 2.22. The smallest absolute Gasteiger partial charge is 0.260 e. The van der Waals surface area contributed by atoms with Crippen LogP contribution in [0.3, 0.4) is 0 Å². The highest BCUT2D eigenvalue weighted by Gasteiger charge is 2.18. The molecule has 2 aromatic rings. The molecule has 0 fully saturated rings. The summed E-state index contributed by atoms with van der Waals surface area (Å²) in [5.74, 6) is -0.825. The number of benzene rings is 2. The van der Waals surface area contributed by atoms with Crippen molar-refractivity contribution in [3.63, 3.8) is 0 Å². The number of carbonyl (C=O) groups excluding carboxylic acids is 1. The molecule has 0 aliphatic carbocycles. The van der Waals surface area contributed by atoms with Gasteiger partial charge in [-0.25, -0.2) is 8.78 Å². The van der Waals surface area contributed by atoms with Crippen molar-refractivity contribution in [1.82, 2.24) is 4.90 Å². The normalized spacial score (nSPS) is 11.9. The molecular weight excluding hydrogens is 324 g/mol. The van der Waals surface area contributed by atoms with Crippen molar-refractivity contribution in [3.8, 4) is 5.75 Å². The fraction of sp³-hybridized carbons (Fsp3) is 0.235. The van der Waals surface area contributed by atoms with Crippen LogP contribution in [0.4, 0.5) is 8.78 Å². The second kappa shape index (κ2) is 7.42. The lowest BCUT2D eigenvalue weighted by Gasteiger charge is -2.25. The molecule has 0 aliphatic heterocycles. The number of ether oxygens (including phenoxy) is 1. The van der Waals surface area contributed by atoms with Crippen LogP contribution in [0.15, 0.2) is 42.5 Å². The van der Waals surface area contributed by atoms with E-state index in [4.69, 9.17) is 16.3 Å². The molecule has 1 amide bonds. The van der Waals surface area contributed by atoms with Gasteiger partial charge in [-0.1, -0.05) is 23.7 Å². The number of halogens is 3. The number of hydrogen-bond acceptors (Lipinski definition) is 2. The predicted octanol–water partition coefficient (Wildman–Crippen LogP) is 4.22. The van der Waals surface area contributed by atoms with E-state index in [1.54, 1.807) is 19.2 Å². The van der Waals surface area contributed by atoms with Crippen LogP contribution < -0.4 is 4.74 Å². The third kappa shape index (κ3) is 4.42. The molecule has 23 heavy (non-hydrogen) atoms. The molecule has 0 spiro atoms. The van der Waals surface area contributed by atoms with Gasteiger partial charge in [-0.3, -0.25) is 4.79 Å². The van der Waals surface area contributed by atoms with Crippen molar-refractivity contribution < 1.29 is 18.3 Å². The molecule has 0 bridgehead atoms. The third-order valence-corrected chi connectivity index (χ3v) is 3.87. The summed E-state index contributed by atoms with van der Waals surface area (Å²) in [5.41, 5.74) is 0.812. The van der Waals surface area contributed by atoms with Crippen LogP contribution in [0.1, 0.15) is 18.5 Å². The lowest BCUT2D eigenvalue weighted by atomic mass is 10.1. The number of likely N-dealkylation sites (N-methyl/N-ethyl adjacent to an activating group) is 1. The largest absolute Gasteiger partial charge is 0.484 e. The van der Waals surface area contributed by atoms with E-state index in [1.165, 1.54) is 35.2 Å². The van der Waals surface area contributed by atoms with Gasteiger partial charge in [-0.2, -0.15) is 0 Å². The molecular formula is C17H16ClF2NO2. The molecule has 0 aromatic heterocycles. The quantitative estimate of drug-likeness (QED) is 0.816. The molecule has 1 atom stereocenters. The summed E-state index contributed by atoms with van der Waals surface area (Å²) in [5, 5.41) is -0.0667. The van der Waals surface area contributed by atoms with Gasteiger partial charge in [0.05, 0.1) is 11.1 Å². The first-order valence-electron chi connectivity index (χ1n) is 6.97. The first-order valence-corrected chi connectivity index (χ1v) is 7.35. The van der Waals surface area contributed by atoms with E-state index in [0.717, 1.165) is 5.56 Å². The minimum atomic E-state index is -0.549. The van der Waals surface area contributed by atoms with Crippen molar-refractivity contribution in [2.24, 2.45) is 0 Å². The molecule has 0 N–H and O–H groups in total. The Morgan fingerprint density at radius 1 is 1.22 bits per heavy atom. The summed E-state index contributed by atoms with van der Waals surface area (Å²) in [6.07, 6.45) is 0. The molecule has 122 valence electrons. The van der Waals surface area contributed by atoms with E-state index in [2.05, 4.69) is 0 Å².